The van der Waals surface area contributed by atoms with Crippen molar-refractivity contribution in [2.75, 3.05) is 43.3 Å². The van der Waals surface area contributed by atoms with Crippen LogP contribution in [-0.4, -0.2) is 49.4 Å². The molecule has 6 nitrogen and oxygen atoms in total. The first-order valence-electron chi connectivity index (χ1n) is 9.14. The van der Waals surface area contributed by atoms with Gasteiger partial charge in [0.05, 0.1) is 23.7 Å². The second-order valence-electron chi connectivity index (χ2n) is 6.66. The van der Waals surface area contributed by atoms with Crippen LogP contribution < -0.4 is 14.5 Å². The van der Waals surface area contributed by atoms with Crippen molar-refractivity contribution in [2.24, 2.45) is 0 Å². The van der Waals surface area contributed by atoms with Crippen LogP contribution in [0.3, 0.4) is 0 Å². The van der Waals surface area contributed by atoms with Gasteiger partial charge in [-0.2, -0.15) is 0 Å². The number of benzene rings is 2. The summed E-state index contributed by atoms with van der Waals surface area (Å²) in [6, 6.07) is 13.4. The summed E-state index contributed by atoms with van der Waals surface area (Å²) in [5, 5.41) is 0. The number of para-hydroxylation sites is 2. The molecule has 0 atom stereocenters. The zero-order valence-electron chi connectivity index (χ0n) is 16.2. The van der Waals surface area contributed by atoms with Crippen molar-refractivity contribution in [3.8, 4) is 5.75 Å². The molecule has 2 aromatic carbocycles. The van der Waals surface area contributed by atoms with E-state index in [1.165, 1.54) is 0 Å². The highest BCUT2D eigenvalue weighted by Crippen LogP contribution is 2.33. The van der Waals surface area contributed by atoms with Gasteiger partial charge in [-0.05, 0) is 43.0 Å². The highest BCUT2D eigenvalue weighted by Gasteiger charge is 2.29. The number of carbonyl (C=O) groups is 1. The van der Waals surface area contributed by atoms with Crippen LogP contribution in [0.5, 0.6) is 5.75 Å². The summed E-state index contributed by atoms with van der Waals surface area (Å²) in [6.07, 6.45) is 2.83. The third kappa shape index (κ3) is 3.26. The minimum absolute atomic E-state index is 0.120. The van der Waals surface area contributed by atoms with Gasteiger partial charge in [-0.25, -0.2) is 9.97 Å². The number of amides is 1. The minimum atomic E-state index is -0.120. The quantitative estimate of drug-likeness (QED) is 0.629. The van der Waals surface area contributed by atoms with Crippen LogP contribution in [-0.2, 0) is 0 Å². The van der Waals surface area contributed by atoms with Crippen LogP contribution in [0.1, 0.15) is 16.8 Å². The zero-order chi connectivity index (χ0) is 19.7. The fourth-order valence-electron chi connectivity index (χ4n) is 3.41. The molecule has 0 saturated heterocycles. The molecular formula is C21H22N4O2S. The van der Waals surface area contributed by atoms with Crippen LogP contribution >= 0.6 is 11.8 Å². The Kier molecular flexibility index (Phi) is 5.09. The van der Waals surface area contributed by atoms with Gasteiger partial charge in [-0.15, -0.1) is 11.8 Å². The van der Waals surface area contributed by atoms with Crippen molar-refractivity contribution in [1.29, 1.82) is 0 Å². The SMILES string of the molecule is COc1cc(SC)ccc1C(=O)N1CCCN(C)c2nc3ccccc3nc21. The Morgan fingerprint density at radius 2 is 1.79 bits per heavy atom. The van der Waals surface area contributed by atoms with Gasteiger partial charge in [-0.3, -0.25) is 9.69 Å². The molecule has 3 aromatic rings. The summed E-state index contributed by atoms with van der Waals surface area (Å²) < 4.78 is 5.50. The van der Waals surface area contributed by atoms with E-state index < -0.39 is 0 Å². The summed E-state index contributed by atoms with van der Waals surface area (Å²) in [6.45, 7) is 1.39. The molecule has 0 aliphatic carbocycles. The summed E-state index contributed by atoms with van der Waals surface area (Å²) in [4.78, 5) is 27.9. The molecule has 144 valence electrons. The standard InChI is InChI=1S/C21H22N4O2S/c1-24-11-6-12-25(20-19(24)22-16-7-4-5-8-17(16)23-20)21(26)15-10-9-14(28-3)13-18(15)27-2/h4-5,7-10,13H,6,11-12H2,1-3H3. The maximum atomic E-state index is 13.5. The minimum Gasteiger partial charge on any atom is -0.496 e. The van der Waals surface area contributed by atoms with Crippen LogP contribution in [0.4, 0.5) is 11.6 Å². The summed E-state index contributed by atoms with van der Waals surface area (Å²) in [5.41, 5.74) is 2.13. The lowest BCUT2D eigenvalue weighted by atomic mass is 10.1. The third-order valence-electron chi connectivity index (χ3n) is 4.91. The van der Waals surface area contributed by atoms with Crippen molar-refractivity contribution >= 4 is 40.3 Å². The third-order valence-corrected chi connectivity index (χ3v) is 5.64. The van der Waals surface area contributed by atoms with Gasteiger partial charge in [0, 0.05) is 25.0 Å². The monoisotopic (exact) mass is 394 g/mol. The number of nitrogens with zero attached hydrogens (tertiary/aromatic N) is 4. The van der Waals surface area contributed by atoms with Crippen LogP contribution in [0.2, 0.25) is 0 Å². The van der Waals surface area contributed by atoms with E-state index in [1.54, 1.807) is 23.8 Å². The van der Waals surface area contributed by atoms with Crippen molar-refractivity contribution in [2.45, 2.75) is 11.3 Å². The van der Waals surface area contributed by atoms with Crippen molar-refractivity contribution in [3.63, 3.8) is 0 Å². The average Bonchev–Trinajstić information content (AvgIpc) is 2.89. The molecule has 28 heavy (non-hydrogen) atoms. The number of carbonyl (C=O) groups excluding carboxylic acids is 1. The van der Waals surface area contributed by atoms with E-state index in [9.17, 15) is 4.79 Å². The van der Waals surface area contributed by atoms with Crippen molar-refractivity contribution in [3.05, 3.63) is 48.0 Å². The smallest absolute Gasteiger partial charge is 0.263 e. The lowest BCUT2D eigenvalue weighted by Gasteiger charge is -2.23. The predicted molar refractivity (Wildman–Crippen MR) is 114 cm³/mol. The zero-order valence-corrected chi connectivity index (χ0v) is 17.0. The van der Waals surface area contributed by atoms with Crippen LogP contribution in [0.25, 0.3) is 11.0 Å². The number of hydrogen-bond donors (Lipinski definition) is 0. The van der Waals surface area contributed by atoms with E-state index in [0.717, 1.165) is 34.7 Å². The van der Waals surface area contributed by atoms with Crippen LogP contribution in [0.15, 0.2) is 47.4 Å². The number of fused-ring (bicyclic) bond motifs is 2. The number of hydrogen-bond acceptors (Lipinski definition) is 6. The summed E-state index contributed by atoms with van der Waals surface area (Å²) >= 11 is 1.61. The van der Waals surface area contributed by atoms with E-state index >= 15 is 0 Å². The fourth-order valence-corrected chi connectivity index (χ4v) is 3.84. The van der Waals surface area contributed by atoms with Gasteiger partial charge in [0.2, 0.25) is 0 Å². The molecule has 1 aromatic heterocycles. The number of methoxy groups -OCH3 is 1. The lowest BCUT2D eigenvalue weighted by molar-refractivity contribution is 0.0983. The van der Waals surface area contributed by atoms with Gasteiger partial charge in [0.15, 0.2) is 11.6 Å². The molecule has 0 fully saturated rings. The van der Waals surface area contributed by atoms with E-state index in [4.69, 9.17) is 14.7 Å². The molecule has 0 bridgehead atoms. The molecule has 0 spiro atoms. The molecule has 4 rings (SSSR count). The second kappa shape index (κ2) is 7.67. The van der Waals surface area contributed by atoms with E-state index in [0.29, 0.717) is 23.7 Å². The van der Waals surface area contributed by atoms with Crippen molar-refractivity contribution in [1.82, 2.24) is 9.97 Å². The Morgan fingerprint density at radius 3 is 2.46 bits per heavy atom. The van der Waals surface area contributed by atoms with Gasteiger partial charge in [0.1, 0.15) is 5.75 Å². The molecule has 0 unspecified atom stereocenters. The first-order chi connectivity index (χ1) is 13.6. The van der Waals surface area contributed by atoms with E-state index in [1.807, 2.05) is 55.8 Å². The predicted octanol–water partition coefficient (Wildman–Crippen LogP) is 3.85. The molecule has 7 heteroatoms. The number of rotatable bonds is 3. The molecule has 0 radical (unpaired) electrons. The Labute approximate surface area is 168 Å². The molecule has 1 amide bonds. The molecular weight excluding hydrogens is 372 g/mol. The number of aromatic nitrogens is 2. The van der Waals surface area contributed by atoms with Gasteiger partial charge in [0.25, 0.3) is 5.91 Å². The normalized spacial score (nSPS) is 14.0. The lowest BCUT2D eigenvalue weighted by Crippen LogP contribution is -2.32. The molecule has 2 heterocycles. The first kappa shape index (κ1) is 18.6. The number of thioether (sulfide) groups is 1. The Balaban J connectivity index is 1.83. The Hall–Kier alpha value is -2.80. The topological polar surface area (TPSA) is 58.6 Å². The second-order valence-corrected chi connectivity index (χ2v) is 7.54. The highest BCUT2D eigenvalue weighted by atomic mass is 32.2. The van der Waals surface area contributed by atoms with E-state index in [2.05, 4.69) is 4.90 Å². The maximum Gasteiger partial charge on any atom is 0.263 e. The Morgan fingerprint density at radius 1 is 1.07 bits per heavy atom. The summed E-state index contributed by atoms with van der Waals surface area (Å²) in [7, 11) is 3.58. The highest BCUT2D eigenvalue weighted by molar-refractivity contribution is 7.98. The van der Waals surface area contributed by atoms with E-state index in [-0.39, 0.29) is 5.91 Å². The van der Waals surface area contributed by atoms with Crippen molar-refractivity contribution < 1.29 is 9.53 Å². The first-order valence-corrected chi connectivity index (χ1v) is 10.4. The Bertz CT molecular complexity index is 1040. The molecule has 1 aliphatic rings. The fraction of sp³-hybridized carbons (Fsp3) is 0.286. The summed E-state index contributed by atoms with van der Waals surface area (Å²) in [5.74, 6) is 1.78. The number of ether oxygens (including phenoxy) is 1. The largest absolute Gasteiger partial charge is 0.496 e. The maximum absolute atomic E-state index is 13.5. The molecule has 0 saturated carbocycles. The number of anilines is 2. The average molecular weight is 395 g/mol. The van der Waals surface area contributed by atoms with Crippen LogP contribution in [0, 0.1) is 0 Å². The van der Waals surface area contributed by atoms with Gasteiger partial charge in [-0.1, -0.05) is 12.1 Å². The molecule has 0 N–H and O–H groups in total. The van der Waals surface area contributed by atoms with Gasteiger partial charge < -0.3 is 9.64 Å². The molecule has 1 aliphatic heterocycles. The van der Waals surface area contributed by atoms with Gasteiger partial charge >= 0.3 is 0 Å².